The summed E-state index contributed by atoms with van der Waals surface area (Å²) in [5, 5.41) is 18.9. The zero-order valence-corrected chi connectivity index (χ0v) is 18.0. The topological polar surface area (TPSA) is 64.6 Å². The molecule has 1 heterocycles. The van der Waals surface area contributed by atoms with Crippen LogP contribution in [-0.4, -0.2) is 48.8 Å². The van der Waals surface area contributed by atoms with E-state index in [1.54, 1.807) is 23.5 Å². The first-order valence-electron chi connectivity index (χ1n) is 9.86. The lowest BCUT2D eigenvalue weighted by molar-refractivity contribution is 0.229. The Morgan fingerprint density at radius 2 is 1.83 bits per heavy atom. The molecule has 154 valence electrons. The Morgan fingerprint density at radius 3 is 2.55 bits per heavy atom. The van der Waals surface area contributed by atoms with Crippen molar-refractivity contribution in [2.24, 2.45) is 0 Å². The fourth-order valence-electron chi connectivity index (χ4n) is 3.40. The minimum atomic E-state index is -0.144. The molecule has 0 spiro atoms. The number of fused-ring (bicyclic) bond motifs is 1. The second-order valence-electron chi connectivity index (χ2n) is 7.70. The van der Waals surface area contributed by atoms with Crippen LogP contribution < -0.4 is 10.6 Å². The van der Waals surface area contributed by atoms with Crippen molar-refractivity contribution >= 4 is 27.5 Å². The second kappa shape index (κ2) is 9.76. The number of nitrogens with zero attached hydrogens (tertiary/aromatic N) is 1. The number of aromatic hydroxyl groups is 1. The maximum Gasteiger partial charge on any atom is 0.315 e. The molecule has 0 radical (unpaired) electrons. The van der Waals surface area contributed by atoms with Crippen LogP contribution in [0.15, 0.2) is 53.9 Å². The molecule has 1 aromatic heterocycles. The van der Waals surface area contributed by atoms with Gasteiger partial charge in [-0.15, -0.1) is 11.3 Å². The smallest absolute Gasteiger partial charge is 0.315 e. The van der Waals surface area contributed by atoms with Crippen molar-refractivity contribution in [3.63, 3.8) is 0 Å². The summed E-state index contributed by atoms with van der Waals surface area (Å²) in [4.78, 5) is 14.5. The molecular formula is C23H29N3O2S. The molecule has 1 unspecified atom stereocenters. The third-order valence-electron chi connectivity index (χ3n) is 5.10. The number of carbonyl (C=O) groups is 1. The van der Waals surface area contributed by atoms with Crippen molar-refractivity contribution in [3.8, 4) is 5.75 Å². The van der Waals surface area contributed by atoms with Crippen LogP contribution in [0.4, 0.5) is 4.79 Å². The average Bonchev–Trinajstić information content (AvgIpc) is 3.09. The number of nitrogens with one attached hydrogen (secondary N) is 2. The molecule has 3 aromatic rings. The van der Waals surface area contributed by atoms with Crippen molar-refractivity contribution in [3.05, 3.63) is 65.0 Å². The van der Waals surface area contributed by atoms with Crippen LogP contribution in [0.3, 0.4) is 0 Å². The van der Waals surface area contributed by atoms with Gasteiger partial charge in [-0.3, -0.25) is 0 Å². The van der Waals surface area contributed by atoms with Gasteiger partial charge in [0.05, 0.1) is 0 Å². The number of hydrogen-bond donors (Lipinski definition) is 3. The predicted molar refractivity (Wildman–Crippen MR) is 121 cm³/mol. The Morgan fingerprint density at radius 1 is 1.10 bits per heavy atom. The van der Waals surface area contributed by atoms with E-state index in [0.29, 0.717) is 6.54 Å². The minimum absolute atomic E-state index is 0.0444. The number of phenolic OH excluding ortho intramolecular Hbond substituents is 1. The van der Waals surface area contributed by atoms with E-state index in [0.717, 1.165) is 18.4 Å². The van der Waals surface area contributed by atoms with Crippen molar-refractivity contribution < 1.29 is 9.90 Å². The molecule has 6 heteroatoms. The van der Waals surface area contributed by atoms with Gasteiger partial charge in [-0.05, 0) is 74.0 Å². The summed E-state index contributed by atoms with van der Waals surface area (Å²) in [6.07, 6.45) is 1.60. The van der Waals surface area contributed by atoms with Crippen molar-refractivity contribution in [1.29, 1.82) is 0 Å². The van der Waals surface area contributed by atoms with Crippen LogP contribution in [0.25, 0.3) is 10.1 Å². The third kappa shape index (κ3) is 5.95. The van der Waals surface area contributed by atoms with Gasteiger partial charge < -0.3 is 20.6 Å². The monoisotopic (exact) mass is 411 g/mol. The SMILES string of the molecule is CC(Cc1csc2ccccc12)NC(=O)NC[C@H](Cc1ccc(O)cc1)N(C)C. The van der Waals surface area contributed by atoms with E-state index in [4.69, 9.17) is 0 Å². The Hall–Kier alpha value is -2.57. The van der Waals surface area contributed by atoms with E-state index in [1.807, 2.05) is 33.2 Å². The summed E-state index contributed by atoms with van der Waals surface area (Å²) in [6, 6.07) is 15.7. The van der Waals surface area contributed by atoms with Gasteiger partial charge in [-0.2, -0.15) is 0 Å². The Bertz CT molecular complexity index is 937. The quantitative estimate of drug-likeness (QED) is 0.525. The molecule has 2 aromatic carbocycles. The molecule has 3 rings (SSSR count). The zero-order chi connectivity index (χ0) is 20.8. The van der Waals surface area contributed by atoms with E-state index < -0.39 is 0 Å². The highest BCUT2D eigenvalue weighted by Crippen LogP contribution is 2.26. The number of phenols is 1. The van der Waals surface area contributed by atoms with Gasteiger partial charge in [-0.25, -0.2) is 4.79 Å². The lowest BCUT2D eigenvalue weighted by atomic mass is 10.0. The van der Waals surface area contributed by atoms with E-state index >= 15 is 0 Å². The first kappa shape index (κ1) is 21.1. The summed E-state index contributed by atoms with van der Waals surface area (Å²) >= 11 is 1.74. The number of carbonyl (C=O) groups excluding carboxylic acids is 1. The molecule has 0 bridgehead atoms. The van der Waals surface area contributed by atoms with Crippen LogP contribution in [0, 0.1) is 0 Å². The highest BCUT2D eigenvalue weighted by Gasteiger charge is 2.15. The van der Waals surface area contributed by atoms with Crippen molar-refractivity contribution in [2.45, 2.75) is 31.8 Å². The largest absolute Gasteiger partial charge is 0.508 e. The first-order valence-corrected chi connectivity index (χ1v) is 10.7. The molecule has 0 aliphatic carbocycles. The minimum Gasteiger partial charge on any atom is -0.508 e. The number of thiophene rings is 1. The molecule has 0 fully saturated rings. The highest BCUT2D eigenvalue weighted by atomic mass is 32.1. The fourth-order valence-corrected chi connectivity index (χ4v) is 4.37. The Kier molecular flexibility index (Phi) is 7.12. The summed E-state index contributed by atoms with van der Waals surface area (Å²) in [6.45, 7) is 2.58. The van der Waals surface area contributed by atoms with Gasteiger partial charge in [0.15, 0.2) is 0 Å². The number of hydrogen-bond acceptors (Lipinski definition) is 4. The second-order valence-corrected chi connectivity index (χ2v) is 8.62. The predicted octanol–water partition coefficient (Wildman–Crippen LogP) is 4.01. The first-order chi connectivity index (χ1) is 13.9. The van der Waals surface area contributed by atoms with E-state index in [9.17, 15) is 9.90 Å². The van der Waals surface area contributed by atoms with Crippen LogP contribution in [-0.2, 0) is 12.8 Å². The number of rotatable bonds is 8. The number of likely N-dealkylation sites (N-methyl/N-ethyl adjacent to an activating group) is 1. The van der Waals surface area contributed by atoms with Crippen molar-refractivity contribution in [2.75, 3.05) is 20.6 Å². The summed E-state index contributed by atoms with van der Waals surface area (Å²) in [5.41, 5.74) is 2.40. The molecule has 2 atom stereocenters. The van der Waals surface area contributed by atoms with Gasteiger partial charge >= 0.3 is 6.03 Å². The van der Waals surface area contributed by atoms with Crippen LogP contribution >= 0.6 is 11.3 Å². The number of urea groups is 1. The Balaban J connectivity index is 1.50. The standard InChI is InChI=1S/C23H29N3O2S/c1-16(12-18-15-29-22-7-5-4-6-21(18)22)25-23(28)24-14-19(26(2)3)13-17-8-10-20(27)11-9-17/h4-11,15-16,19,27H,12-14H2,1-3H3,(H2,24,25,28)/t16?,19-/m0/s1. The molecule has 0 aliphatic heterocycles. The molecule has 0 aliphatic rings. The number of amides is 2. The van der Waals surface area contributed by atoms with Crippen LogP contribution in [0.2, 0.25) is 0 Å². The van der Waals surface area contributed by atoms with Crippen molar-refractivity contribution in [1.82, 2.24) is 15.5 Å². The lowest BCUT2D eigenvalue weighted by Crippen LogP contribution is -2.47. The molecular weight excluding hydrogens is 382 g/mol. The molecule has 5 nitrogen and oxygen atoms in total. The van der Waals surface area contributed by atoms with E-state index in [-0.39, 0.29) is 23.9 Å². The van der Waals surface area contributed by atoms with Gasteiger partial charge in [0.25, 0.3) is 0 Å². The van der Waals surface area contributed by atoms with E-state index in [2.05, 4.69) is 45.2 Å². The summed E-state index contributed by atoms with van der Waals surface area (Å²) in [5.74, 6) is 0.264. The van der Waals surface area contributed by atoms with Gasteiger partial charge in [0.2, 0.25) is 0 Å². The van der Waals surface area contributed by atoms with E-state index in [1.165, 1.54) is 15.6 Å². The summed E-state index contributed by atoms with van der Waals surface area (Å²) in [7, 11) is 4.02. The summed E-state index contributed by atoms with van der Waals surface area (Å²) < 4.78 is 1.28. The maximum atomic E-state index is 12.4. The van der Waals surface area contributed by atoms with Gasteiger partial charge in [0.1, 0.15) is 5.75 Å². The molecule has 29 heavy (non-hydrogen) atoms. The highest BCUT2D eigenvalue weighted by molar-refractivity contribution is 7.17. The van der Waals surface area contributed by atoms with Crippen LogP contribution in [0.1, 0.15) is 18.1 Å². The fraction of sp³-hybridized carbons (Fsp3) is 0.348. The maximum absolute atomic E-state index is 12.4. The average molecular weight is 412 g/mol. The third-order valence-corrected chi connectivity index (χ3v) is 6.11. The lowest BCUT2D eigenvalue weighted by Gasteiger charge is -2.25. The van der Waals surface area contributed by atoms with Crippen LogP contribution in [0.5, 0.6) is 5.75 Å². The molecule has 2 amide bonds. The molecule has 3 N–H and O–H groups in total. The Labute approximate surface area is 176 Å². The molecule has 0 saturated heterocycles. The zero-order valence-electron chi connectivity index (χ0n) is 17.2. The normalized spacial score (nSPS) is 13.4. The molecule has 0 saturated carbocycles. The van der Waals surface area contributed by atoms with Gasteiger partial charge in [0, 0.05) is 23.3 Å². The van der Waals surface area contributed by atoms with Gasteiger partial charge in [-0.1, -0.05) is 30.3 Å². The number of benzene rings is 2.